The van der Waals surface area contributed by atoms with E-state index in [0.29, 0.717) is 25.3 Å². The molecular formula is C21H24N2O3. The Kier molecular flexibility index (Phi) is 5.79. The fraction of sp³-hybridized carbons (Fsp3) is 0.286. The molecule has 5 heteroatoms. The van der Waals surface area contributed by atoms with Crippen molar-refractivity contribution in [2.45, 2.75) is 0 Å². The van der Waals surface area contributed by atoms with Crippen LogP contribution in [-0.2, 0) is 0 Å². The lowest BCUT2D eigenvalue weighted by Crippen LogP contribution is -2.48. The molecule has 1 heterocycles. The van der Waals surface area contributed by atoms with Crippen molar-refractivity contribution in [2.24, 2.45) is 0 Å². The van der Waals surface area contributed by atoms with Crippen LogP contribution in [0.2, 0.25) is 0 Å². The zero-order chi connectivity index (χ0) is 18.4. The Bertz CT molecular complexity index is 750. The second-order valence-corrected chi connectivity index (χ2v) is 6.10. The van der Waals surface area contributed by atoms with Crippen LogP contribution in [0.25, 0.3) is 0 Å². The number of rotatable bonds is 6. The number of hydrogen-bond donors (Lipinski definition) is 0. The van der Waals surface area contributed by atoms with E-state index < -0.39 is 0 Å². The van der Waals surface area contributed by atoms with Crippen LogP contribution in [0.1, 0.15) is 10.4 Å². The van der Waals surface area contributed by atoms with Crippen molar-refractivity contribution in [3.63, 3.8) is 0 Å². The van der Waals surface area contributed by atoms with Gasteiger partial charge in [0.15, 0.2) is 0 Å². The third-order valence-electron chi connectivity index (χ3n) is 4.45. The summed E-state index contributed by atoms with van der Waals surface area (Å²) in [5.74, 6) is 1.65. The monoisotopic (exact) mass is 352 g/mol. The first kappa shape index (κ1) is 17.9. The molecule has 0 spiro atoms. The van der Waals surface area contributed by atoms with E-state index in [2.05, 4.69) is 17.5 Å². The number of ether oxygens (including phenoxy) is 2. The smallest absolute Gasteiger partial charge is 0.253 e. The lowest BCUT2D eigenvalue weighted by molar-refractivity contribution is 0.0746. The molecule has 0 aliphatic carbocycles. The molecule has 0 aromatic heterocycles. The number of carbonyl (C=O) groups is 1. The van der Waals surface area contributed by atoms with Crippen LogP contribution >= 0.6 is 0 Å². The highest BCUT2D eigenvalue weighted by Gasteiger charge is 2.22. The van der Waals surface area contributed by atoms with Crippen molar-refractivity contribution in [3.8, 4) is 11.5 Å². The first-order valence-corrected chi connectivity index (χ1v) is 8.73. The van der Waals surface area contributed by atoms with Gasteiger partial charge in [-0.05, 0) is 36.4 Å². The molecule has 26 heavy (non-hydrogen) atoms. The van der Waals surface area contributed by atoms with Crippen LogP contribution in [0.5, 0.6) is 11.5 Å². The largest absolute Gasteiger partial charge is 0.497 e. The Morgan fingerprint density at radius 2 is 1.81 bits per heavy atom. The highest BCUT2D eigenvalue weighted by Crippen LogP contribution is 2.22. The summed E-state index contributed by atoms with van der Waals surface area (Å²) in [6.45, 7) is 7.09. The molecule has 136 valence electrons. The van der Waals surface area contributed by atoms with Gasteiger partial charge in [0.2, 0.25) is 0 Å². The number of carbonyl (C=O) groups excluding carboxylic acids is 1. The summed E-state index contributed by atoms with van der Waals surface area (Å²) < 4.78 is 10.7. The summed E-state index contributed by atoms with van der Waals surface area (Å²) in [6, 6.07) is 15.3. The molecule has 0 radical (unpaired) electrons. The van der Waals surface area contributed by atoms with Crippen LogP contribution < -0.4 is 14.4 Å². The van der Waals surface area contributed by atoms with Gasteiger partial charge in [0.05, 0.1) is 7.11 Å². The standard InChI is InChI=1S/C21H24N2O3/c1-3-15-26-19-9-7-17(8-10-19)21(24)23-13-11-22(12-14-23)18-5-4-6-20(16-18)25-2/h3-10,16H,1,11-15H2,2H3. The van der Waals surface area contributed by atoms with Crippen molar-refractivity contribution in [1.29, 1.82) is 0 Å². The van der Waals surface area contributed by atoms with Gasteiger partial charge < -0.3 is 19.3 Å². The van der Waals surface area contributed by atoms with E-state index in [1.165, 1.54) is 0 Å². The zero-order valence-electron chi connectivity index (χ0n) is 15.1. The van der Waals surface area contributed by atoms with Crippen LogP contribution in [0, 0.1) is 0 Å². The number of amides is 1. The molecule has 0 N–H and O–H groups in total. The van der Waals surface area contributed by atoms with Gasteiger partial charge in [0.25, 0.3) is 5.91 Å². The average molecular weight is 352 g/mol. The molecule has 1 fully saturated rings. The molecule has 0 bridgehead atoms. The molecule has 3 rings (SSSR count). The van der Waals surface area contributed by atoms with Crippen LogP contribution in [-0.4, -0.2) is 50.7 Å². The molecule has 1 aliphatic heterocycles. The predicted molar refractivity (Wildman–Crippen MR) is 103 cm³/mol. The minimum Gasteiger partial charge on any atom is -0.497 e. The van der Waals surface area contributed by atoms with Gasteiger partial charge in [-0.25, -0.2) is 0 Å². The van der Waals surface area contributed by atoms with E-state index in [1.54, 1.807) is 13.2 Å². The third kappa shape index (κ3) is 4.17. The molecule has 5 nitrogen and oxygen atoms in total. The second-order valence-electron chi connectivity index (χ2n) is 6.10. The molecule has 0 atom stereocenters. The Labute approximate surface area is 154 Å². The number of hydrogen-bond acceptors (Lipinski definition) is 4. The maximum absolute atomic E-state index is 12.7. The molecule has 1 amide bonds. The van der Waals surface area contributed by atoms with Gasteiger partial charge in [-0.3, -0.25) is 4.79 Å². The van der Waals surface area contributed by atoms with E-state index in [1.807, 2.05) is 47.4 Å². The Morgan fingerprint density at radius 3 is 2.46 bits per heavy atom. The fourth-order valence-electron chi connectivity index (χ4n) is 3.01. The summed E-state index contributed by atoms with van der Waals surface area (Å²) in [7, 11) is 1.67. The van der Waals surface area contributed by atoms with Gasteiger partial charge in [-0.1, -0.05) is 18.7 Å². The van der Waals surface area contributed by atoms with Gasteiger partial charge in [-0.2, -0.15) is 0 Å². The molecule has 0 unspecified atom stereocenters. The van der Waals surface area contributed by atoms with Gasteiger partial charge in [0, 0.05) is 43.5 Å². The molecule has 2 aromatic carbocycles. The van der Waals surface area contributed by atoms with Gasteiger partial charge >= 0.3 is 0 Å². The summed E-state index contributed by atoms with van der Waals surface area (Å²) in [5, 5.41) is 0. The summed E-state index contributed by atoms with van der Waals surface area (Å²) in [4.78, 5) is 16.9. The maximum atomic E-state index is 12.7. The van der Waals surface area contributed by atoms with E-state index in [0.717, 1.165) is 30.3 Å². The predicted octanol–water partition coefficient (Wildman–Crippen LogP) is 3.22. The van der Waals surface area contributed by atoms with Crippen molar-refractivity contribution in [2.75, 3.05) is 44.8 Å². The topological polar surface area (TPSA) is 42.0 Å². The maximum Gasteiger partial charge on any atom is 0.253 e. The lowest BCUT2D eigenvalue weighted by Gasteiger charge is -2.36. The Morgan fingerprint density at radius 1 is 1.08 bits per heavy atom. The zero-order valence-corrected chi connectivity index (χ0v) is 15.1. The summed E-state index contributed by atoms with van der Waals surface area (Å²) >= 11 is 0. The van der Waals surface area contributed by atoms with E-state index in [9.17, 15) is 4.79 Å². The molecule has 0 saturated carbocycles. The van der Waals surface area contributed by atoms with Crippen LogP contribution in [0.15, 0.2) is 61.2 Å². The van der Waals surface area contributed by atoms with Crippen molar-refractivity contribution in [1.82, 2.24) is 4.90 Å². The van der Waals surface area contributed by atoms with E-state index in [4.69, 9.17) is 9.47 Å². The molecular weight excluding hydrogens is 328 g/mol. The second kappa shape index (κ2) is 8.43. The first-order valence-electron chi connectivity index (χ1n) is 8.73. The van der Waals surface area contributed by atoms with Gasteiger partial charge in [-0.15, -0.1) is 0 Å². The molecule has 2 aromatic rings. The molecule has 1 aliphatic rings. The Balaban J connectivity index is 1.58. The third-order valence-corrected chi connectivity index (χ3v) is 4.45. The lowest BCUT2D eigenvalue weighted by atomic mass is 10.1. The minimum absolute atomic E-state index is 0.0607. The fourth-order valence-corrected chi connectivity index (χ4v) is 3.01. The first-order chi connectivity index (χ1) is 12.7. The van der Waals surface area contributed by atoms with Crippen molar-refractivity contribution in [3.05, 3.63) is 66.7 Å². The minimum atomic E-state index is 0.0607. The van der Waals surface area contributed by atoms with E-state index in [-0.39, 0.29) is 5.91 Å². The van der Waals surface area contributed by atoms with Crippen LogP contribution in [0.4, 0.5) is 5.69 Å². The number of nitrogens with zero attached hydrogens (tertiary/aromatic N) is 2. The summed E-state index contributed by atoms with van der Waals surface area (Å²) in [6.07, 6.45) is 1.70. The highest BCUT2D eigenvalue weighted by atomic mass is 16.5. The normalized spacial score (nSPS) is 14.0. The number of benzene rings is 2. The number of methoxy groups -OCH3 is 1. The van der Waals surface area contributed by atoms with E-state index >= 15 is 0 Å². The van der Waals surface area contributed by atoms with Crippen molar-refractivity contribution >= 4 is 11.6 Å². The highest BCUT2D eigenvalue weighted by molar-refractivity contribution is 5.94. The average Bonchev–Trinajstić information content (AvgIpc) is 2.72. The number of piperazine rings is 1. The SMILES string of the molecule is C=CCOc1ccc(C(=O)N2CCN(c3cccc(OC)c3)CC2)cc1. The van der Waals surface area contributed by atoms with Crippen LogP contribution in [0.3, 0.4) is 0 Å². The number of anilines is 1. The quantitative estimate of drug-likeness (QED) is 0.749. The van der Waals surface area contributed by atoms with Crippen molar-refractivity contribution < 1.29 is 14.3 Å². The summed E-state index contributed by atoms with van der Waals surface area (Å²) in [5.41, 5.74) is 1.81. The Hall–Kier alpha value is -2.95. The molecule has 1 saturated heterocycles. The van der Waals surface area contributed by atoms with Gasteiger partial charge in [0.1, 0.15) is 18.1 Å².